The summed E-state index contributed by atoms with van der Waals surface area (Å²) in [5, 5.41) is 9.86. The lowest BCUT2D eigenvalue weighted by atomic mass is 9.33. The maximum Gasteiger partial charge on any atom is 0.252 e. The number of rotatable bonds is 5. The third-order valence-electron chi connectivity index (χ3n) is 14.0. The van der Waals surface area contributed by atoms with Crippen LogP contribution in [0.15, 0.2) is 237 Å². The van der Waals surface area contributed by atoms with Crippen LogP contribution in [0.5, 0.6) is 0 Å². The molecule has 0 unspecified atom stereocenters. The first kappa shape index (κ1) is 37.6. The Labute approximate surface area is 388 Å². The summed E-state index contributed by atoms with van der Waals surface area (Å²) in [5.74, 6) is 0.687. The molecule has 0 saturated heterocycles. The van der Waals surface area contributed by atoms with E-state index in [0.29, 0.717) is 5.82 Å². The lowest BCUT2D eigenvalue weighted by Gasteiger charge is -2.45. The number of aromatic nitrogens is 2. The lowest BCUT2D eigenvalue weighted by molar-refractivity contribution is 1.18. The van der Waals surface area contributed by atoms with Crippen LogP contribution >= 0.6 is 0 Å². The van der Waals surface area contributed by atoms with Gasteiger partial charge in [0.05, 0.1) is 11.4 Å². The van der Waals surface area contributed by atoms with E-state index in [-0.39, 0.29) is 6.71 Å². The van der Waals surface area contributed by atoms with Gasteiger partial charge in [-0.1, -0.05) is 194 Å². The van der Waals surface area contributed by atoms with Crippen molar-refractivity contribution < 1.29 is 0 Å². The third kappa shape index (κ3) is 5.81. The number of hydrogen-bond donors (Lipinski definition) is 0. The Morgan fingerprint density at radius 1 is 0.313 bits per heavy atom. The molecular formula is C62H39BN4. The van der Waals surface area contributed by atoms with Gasteiger partial charge in [-0.3, -0.25) is 0 Å². The van der Waals surface area contributed by atoms with E-state index < -0.39 is 0 Å². The van der Waals surface area contributed by atoms with E-state index in [0.717, 1.165) is 50.8 Å². The van der Waals surface area contributed by atoms with Crippen molar-refractivity contribution in [2.75, 3.05) is 9.80 Å². The summed E-state index contributed by atoms with van der Waals surface area (Å²) in [4.78, 5) is 15.8. The molecule has 4 nitrogen and oxygen atoms in total. The first-order valence-corrected chi connectivity index (χ1v) is 23.0. The average Bonchev–Trinajstić information content (AvgIpc) is 3.41. The molecule has 0 N–H and O–H groups in total. The molecule has 1 aromatic heterocycles. The van der Waals surface area contributed by atoms with Gasteiger partial charge in [0.2, 0.25) is 0 Å². The van der Waals surface area contributed by atoms with Crippen LogP contribution in [0.1, 0.15) is 0 Å². The topological polar surface area (TPSA) is 32.3 Å². The van der Waals surface area contributed by atoms with Crippen molar-refractivity contribution in [1.29, 1.82) is 0 Å². The van der Waals surface area contributed by atoms with E-state index in [4.69, 9.17) is 9.97 Å². The molecule has 5 heteroatoms. The molecule has 67 heavy (non-hydrogen) atoms. The second-order valence-corrected chi connectivity index (χ2v) is 17.7. The van der Waals surface area contributed by atoms with Crippen LogP contribution in [0.4, 0.5) is 34.1 Å². The third-order valence-corrected chi connectivity index (χ3v) is 14.0. The van der Waals surface area contributed by atoms with Crippen LogP contribution in [0.25, 0.3) is 77.0 Å². The molecule has 2 aliphatic rings. The zero-order valence-electron chi connectivity index (χ0n) is 36.4. The molecule has 0 atom stereocenters. The molecule has 12 aromatic rings. The van der Waals surface area contributed by atoms with E-state index in [9.17, 15) is 0 Å². The van der Waals surface area contributed by atoms with Gasteiger partial charge in [-0.15, -0.1) is 0 Å². The number of anilines is 6. The maximum atomic E-state index is 5.46. The summed E-state index contributed by atoms with van der Waals surface area (Å²) in [5.41, 5.74) is 15.4. The summed E-state index contributed by atoms with van der Waals surface area (Å²) in [7, 11) is 0. The van der Waals surface area contributed by atoms with Gasteiger partial charge < -0.3 is 9.80 Å². The standard InChI is InChI=1S/C62H39BN4/c1-5-19-42(20-6-1)55-39-56(65-62(64-55)43-21-7-2-8-22-43)44-37-57-59-58(38-44)67(46-25-11-4-12-26-46)61-52-32-30-41-18-14-16-28-48(41)50(52)34-36-54(61)63(59)53-35-33-49-47-27-15-13-17-40(47)29-31-51(49)60(53)66(57)45-23-9-3-10-24-45/h1-39H. The molecule has 14 rings (SSSR count). The van der Waals surface area contributed by atoms with Crippen molar-refractivity contribution in [2.45, 2.75) is 0 Å². The van der Waals surface area contributed by atoms with E-state index in [1.54, 1.807) is 0 Å². The minimum atomic E-state index is -0.0825. The maximum absolute atomic E-state index is 5.46. The van der Waals surface area contributed by atoms with Crippen LogP contribution in [-0.2, 0) is 0 Å². The smallest absolute Gasteiger partial charge is 0.252 e. The van der Waals surface area contributed by atoms with Crippen LogP contribution < -0.4 is 26.2 Å². The zero-order chi connectivity index (χ0) is 44.0. The summed E-state index contributed by atoms with van der Waals surface area (Å²) in [6.07, 6.45) is 0. The van der Waals surface area contributed by atoms with Crippen LogP contribution in [-0.4, -0.2) is 16.7 Å². The summed E-state index contributed by atoms with van der Waals surface area (Å²) in [6.45, 7) is -0.0825. The largest absolute Gasteiger partial charge is 0.311 e. The molecule has 310 valence electrons. The predicted molar refractivity (Wildman–Crippen MR) is 282 cm³/mol. The number of fused-ring (bicyclic) bond motifs is 12. The minimum Gasteiger partial charge on any atom is -0.311 e. The Kier molecular flexibility index (Phi) is 8.34. The van der Waals surface area contributed by atoms with Crippen molar-refractivity contribution in [3.63, 3.8) is 0 Å². The Bertz CT molecular complexity index is 3680. The molecule has 11 aromatic carbocycles. The summed E-state index contributed by atoms with van der Waals surface area (Å²) >= 11 is 0. The monoisotopic (exact) mass is 850 g/mol. The number of nitrogens with zero attached hydrogens (tertiary/aromatic N) is 4. The molecule has 0 saturated carbocycles. The molecule has 0 fully saturated rings. The van der Waals surface area contributed by atoms with E-state index >= 15 is 0 Å². The Morgan fingerprint density at radius 3 is 1.24 bits per heavy atom. The summed E-state index contributed by atoms with van der Waals surface area (Å²) < 4.78 is 0. The van der Waals surface area contributed by atoms with Gasteiger partial charge in [0, 0.05) is 61.6 Å². The molecule has 0 radical (unpaired) electrons. The fraction of sp³-hybridized carbons (Fsp3) is 0. The highest BCUT2D eigenvalue weighted by Gasteiger charge is 2.45. The molecule has 0 aliphatic carbocycles. The second kappa shape index (κ2) is 14.9. The van der Waals surface area contributed by atoms with Crippen molar-refractivity contribution in [1.82, 2.24) is 9.97 Å². The van der Waals surface area contributed by atoms with Crippen molar-refractivity contribution in [2.24, 2.45) is 0 Å². The van der Waals surface area contributed by atoms with Crippen LogP contribution in [0.2, 0.25) is 0 Å². The average molecular weight is 851 g/mol. The number of benzene rings is 11. The molecular weight excluding hydrogens is 812 g/mol. The van der Waals surface area contributed by atoms with E-state index in [1.165, 1.54) is 70.9 Å². The molecule has 0 spiro atoms. The fourth-order valence-electron chi connectivity index (χ4n) is 11.1. The number of para-hydroxylation sites is 2. The van der Waals surface area contributed by atoms with Gasteiger partial charge in [0.1, 0.15) is 0 Å². The Hall–Kier alpha value is -8.80. The van der Waals surface area contributed by atoms with Gasteiger partial charge >= 0.3 is 0 Å². The highest BCUT2D eigenvalue weighted by Crippen LogP contribution is 2.50. The first-order valence-electron chi connectivity index (χ1n) is 23.0. The molecule has 0 amide bonds. The predicted octanol–water partition coefficient (Wildman–Crippen LogP) is 14.2. The van der Waals surface area contributed by atoms with E-state index in [1.807, 2.05) is 6.07 Å². The van der Waals surface area contributed by atoms with Crippen molar-refractivity contribution >= 4 is 100 Å². The minimum absolute atomic E-state index is 0.0825. The van der Waals surface area contributed by atoms with Gasteiger partial charge in [-0.2, -0.15) is 0 Å². The Balaban J connectivity index is 1.15. The molecule has 0 bridgehead atoms. The fourth-order valence-corrected chi connectivity index (χ4v) is 11.1. The quantitative estimate of drug-likeness (QED) is 0.128. The summed E-state index contributed by atoms with van der Waals surface area (Å²) in [6, 6.07) is 86.0. The molecule has 3 heterocycles. The van der Waals surface area contributed by atoms with Gasteiger partial charge in [-0.25, -0.2) is 9.97 Å². The van der Waals surface area contributed by atoms with Crippen LogP contribution in [0, 0.1) is 0 Å². The van der Waals surface area contributed by atoms with E-state index in [2.05, 4.69) is 240 Å². The van der Waals surface area contributed by atoms with Crippen LogP contribution in [0.3, 0.4) is 0 Å². The normalized spacial score (nSPS) is 12.7. The van der Waals surface area contributed by atoms with Crippen molar-refractivity contribution in [3.05, 3.63) is 237 Å². The lowest BCUT2D eigenvalue weighted by Crippen LogP contribution is -2.61. The zero-order valence-corrected chi connectivity index (χ0v) is 36.4. The highest BCUT2D eigenvalue weighted by atomic mass is 15.2. The SMILES string of the molecule is c1ccc(-c2cc(-c3cc4c5c(c3)N(c3ccccc3)c3c(ccc6c3ccc3ccccc36)B5c3ccc5c(ccc6ccccc65)c3N4c3ccccc3)nc(-c3ccccc3)n2)cc1. The van der Waals surface area contributed by atoms with Gasteiger partial charge in [0.15, 0.2) is 5.82 Å². The van der Waals surface area contributed by atoms with Gasteiger partial charge in [0.25, 0.3) is 6.71 Å². The highest BCUT2D eigenvalue weighted by molar-refractivity contribution is 7.00. The Morgan fingerprint density at radius 2 is 0.731 bits per heavy atom. The van der Waals surface area contributed by atoms with Crippen molar-refractivity contribution in [3.8, 4) is 33.9 Å². The van der Waals surface area contributed by atoms with Gasteiger partial charge in [-0.05, 0) is 91.2 Å². The second-order valence-electron chi connectivity index (χ2n) is 17.7. The number of hydrogen-bond acceptors (Lipinski definition) is 4. The first-order chi connectivity index (χ1) is 33.2. The molecule has 2 aliphatic heterocycles.